The number of nitrogens with one attached hydrogen (secondary N) is 1. The van der Waals surface area contributed by atoms with Gasteiger partial charge in [0, 0.05) is 36.3 Å². The van der Waals surface area contributed by atoms with Crippen LogP contribution in [0.1, 0.15) is 12.5 Å². The minimum Gasteiger partial charge on any atom is -0.492 e. The van der Waals surface area contributed by atoms with E-state index in [0.717, 1.165) is 10.9 Å². The summed E-state index contributed by atoms with van der Waals surface area (Å²) < 4.78 is 28.7. The third kappa shape index (κ3) is 5.81. The normalized spacial score (nSPS) is 10.9. The Morgan fingerprint density at radius 2 is 1.93 bits per heavy atom. The van der Waals surface area contributed by atoms with E-state index in [-0.39, 0.29) is 12.4 Å². The van der Waals surface area contributed by atoms with Gasteiger partial charge in [0.15, 0.2) is 0 Å². The lowest BCUT2D eigenvalue weighted by molar-refractivity contribution is 0.168. The van der Waals surface area contributed by atoms with Crippen LogP contribution in [0.5, 0.6) is 5.75 Å². The van der Waals surface area contributed by atoms with Crippen LogP contribution in [0.4, 0.5) is 14.9 Å². The van der Waals surface area contributed by atoms with E-state index >= 15 is 0 Å². The van der Waals surface area contributed by atoms with Crippen LogP contribution in [-0.2, 0) is 11.3 Å². The second-order valence-corrected chi connectivity index (χ2v) is 6.69. The number of hydrogen-bond acceptors (Lipinski definition) is 6. The van der Waals surface area contributed by atoms with Gasteiger partial charge in [-0.1, -0.05) is 0 Å². The second-order valence-electron chi connectivity index (χ2n) is 6.69. The maximum atomic E-state index is 12.9. The van der Waals surface area contributed by atoms with Crippen LogP contribution in [0.3, 0.4) is 0 Å². The molecule has 1 aromatic heterocycles. The molecule has 30 heavy (non-hydrogen) atoms. The van der Waals surface area contributed by atoms with Crippen molar-refractivity contribution in [1.29, 1.82) is 0 Å². The van der Waals surface area contributed by atoms with E-state index in [2.05, 4.69) is 5.32 Å². The lowest BCUT2D eigenvalue weighted by atomic mass is 10.1. The molecule has 3 rings (SSSR count). The van der Waals surface area contributed by atoms with E-state index in [4.69, 9.17) is 13.9 Å². The number of anilines is 1. The van der Waals surface area contributed by atoms with Crippen molar-refractivity contribution in [2.24, 2.45) is 0 Å². The minimum absolute atomic E-state index is 0.260. The van der Waals surface area contributed by atoms with Crippen molar-refractivity contribution < 1.29 is 23.1 Å². The summed E-state index contributed by atoms with van der Waals surface area (Å²) in [5.74, 6) is 0.284. The summed E-state index contributed by atoms with van der Waals surface area (Å²) >= 11 is 0. The first kappa shape index (κ1) is 21.3. The molecule has 0 fully saturated rings. The first-order valence-corrected chi connectivity index (χ1v) is 9.52. The van der Waals surface area contributed by atoms with Gasteiger partial charge in [0.1, 0.15) is 23.8 Å². The number of halogens is 1. The smallest absolute Gasteiger partial charge is 0.411 e. The maximum Gasteiger partial charge on any atom is 0.411 e. The standard InChI is InChI=1S/C22H23FN2O5/c1-3-28-22(27)24-17-6-9-19-15(12-21(26)30-20(19)13-17)14-25(2)10-11-29-18-7-4-16(23)5-8-18/h4-9,12-13H,3,10-11,14H2,1-2H3,(H,24,27). The molecule has 3 aromatic rings. The van der Waals surface area contributed by atoms with Gasteiger partial charge in [-0.25, -0.2) is 14.0 Å². The zero-order valence-electron chi connectivity index (χ0n) is 16.8. The molecule has 158 valence electrons. The highest BCUT2D eigenvalue weighted by molar-refractivity contribution is 5.89. The molecule has 0 aliphatic rings. The monoisotopic (exact) mass is 414 g/mol. The van der Waals surface area contributed by atoms with Crippen LogP contribution in [0.15, 0.2) is 57.7 Å². The Morgan fingerprint density at radius 1 is 1.17 bits per heavy atom. The van der Waals surface area contributed by atoms with Crippen LogP contribution < -0.4 is 15.7 Å². The number of nitrogens with zero attached hydrogens (tertiary/aromatic N) is 1. The second kappa shape index (κ2) is 9.89. The molecular formula is C22H23FN2O5. The van der Waals surface area contributed by atoms with Gasteiger partial charge in [0.25, 0.3) is 0 Å². The van der Waals surface area contributed by atoms with Crippen LogP contribution in [0.25, 0.3) is 11.0 Å². The lowest BCUT2D eigenvalue weighted by Crippen LogP contribution is -2.24. The summed E-state index contributed by atoms with van der Waals surface area (Å²) in [5, 5.41) is 3.36. The number of hydrogen-bond donors (Lipinski definition) is 1. The molecule has 0 unspecified atom stereocenters. The lowest BCUT2D eigenvalue weighted by Gasteiger charge is -2.18. The molecule has 2 aromatic carbocycles. The van der Waals surface area contributed by atoms with Gasteiger partial charge in [-0.15, -0.1) is 0 Å². The summed E-state index contributed by atoms with van der Waals surface area (Å²) in [5.41, 5.74) is 1.18. The topological polar surface area (TPSA) is 81.0 Å². The number of fused-ring (bicyclic) bond motifs is 1. The van der Waals surface area contributed by atoms with E-state index in [1.165, 1.54) is 18.2 Å². The Labute approximate surface area is 173 Å². The number of carbonyl (C=O) groups is 1. The molecule has 0 spiro atoms. The van der Waals surface area contributed by atoms with Gasteiger partial charge in [-0.2, -0.15) is 0 Å². The van der Waals surface area contributed by atoms with Crippen LogP contribution in [0.2, 0.25) is 0 Å². The molecule has 0 saturated carbocycles. The molecule has 7 nitrogen and oxygen atoms in total. The highest BCUT2D eigenvalue weighted by atomic mass is 19.1. The average Bonchev–Trinajstić information content (AvgIpc) is 2.69. The number of ether oxygens (including phenoxy) is 2. The van der Waals surface area contributed by atoms with Crippen LogP contribution in [0, 0.1) is 5.82 Å². The molecule has 8 heteroatoms. The predicted octanol–water partition coefficient (Wildman–Crippen LogP) is 4.01. The number of benzene rings is 2. The van der Waals surface area contributed by atoms with Crippen molar-refractivity contribution in [3.8, 4) is 5.75 Å². The molecular weight excluding hydrogens is 391 g/mol. The number of amides is 1. The molecule has 0 atom stereocenters. The van der Waals surface area contributed by atoms with Crippen LogP contribution >= 0.6 is 0 Å². The zero-order valence-corrected chi connectivity index (χ0v) is 16.8. The first-order chi connectivity index (χ1) is 14.4. The van der Waals surface area contributed by atoms with E-state index in [1.807, 2.05) is 11.9 Å². The Morgan fingerprint density at radius 3 is 2.67 bits per heavy atom. The van der Waals surface area contributed by atoms with Crippen molar-refractivity contribution in [2.75, 3.05) is 32.1 Å². The van der Waals surface area contributed by atoms with Gasteiger partial charge in [0.05, 0.1) is 6.61 Å². The highest BCUT2D eigenvalue weighted by Gasteiger charge is 2.11. The number of rotatable bonds is 8. The third-order valence-electron chi connectivity index (χ3n) is 4.35. The fourth-order valence-electron chi connectivity index (χ4n) is 2.94. The van der Waals surface area contributed by atoms with Gasteiger partial charge < -0.3 is 13.9 Å². The van der Waals surface area contributed by atoms with Gasteiger partial charge in [-0.05, 0) is 55.9 Å². The summed E-state index contributed by atoms with van der Waals surface area (Å²) in [6.45, 7) is 3.48. The fourth-order valence-corrected chi connectivity index (χ4v) is 2.94. The van der Waals surface area contributed by atoms with Gasteiger partial charge in [-0.3, -0.25) is 10.2 Å². The van der Waals surface area contributed by atoms with E-state index in [0.29, 0.717) is 36.7 Å². The molecule has 0 aliphatic carbocycles. The predicted molar refractivity (Wildman–Crippen MR) is 111 cm³/mol. The Balaban J connectivity index is 1.66. The maximum absolute atomic E-state index is 12.9. The number of likely N-dealkylation sites (N-methyl/N-ethyl adjacent to an activating group) is 1. The molecule has 1 heterocycles. The van der Waals surface area contributed by atoms with E-state index in [1.54, 1.807) is 37.3 Å². The molecule has 0 radical (unpaired) electrons. The Bertz CT molecular complexity index is 1070. The van der Waals surface area contributed by atoms with Crippen molar-refractivity contribution in [2.45, 2.75) is 13.5 Å². The quantitative estimate of drug-likeness (QED) is 0.561. The van der Waals surface area contributed by atoms with Crippen molar-refractivity contribution in [3.63, 3.8) is 0 Å². The first-order valence-electron chi connectivity index (χ1n) is 9.52. The van der Waals surface area contributed by atoms with Gasteiger partial charge in [0.2, 0.25) is 0 Å². The SMILES string of the molecule is CCOC(=O)Nc1ccc2c(CN(C)CCOc3ccc(F)cc3)cc(=O)oc2c1. The minimum atomic E-state index is -0.573. The van der Waals surface area contributed by atoms with E-state index < -0.39 is 11.7 Å². The molecule has 1 amide bonds. The molecule has 0 saturated heterocycles. The van der Waals surface area contributed by atoms with E-state index in [9.17, 15) is 14.0 Å². The summed E-state index contributed by atoms with van der Waals surface area (Å²) in [6.07, 6.45) is -0.573. The van der Waals surface area contributed by atoms with Crippen molar-refractivity contribution >= 4 is 22.7 Å². The highest BCUT2D eigenvalue weighted by Crippen LogP contribution is 2.22. The Kier molecular flexibility index (Phi) is 7.03. The number of carbonyl (C=O) groups excluding carboxylic acids is 1. The van der Waals surface area contributed by atoms with Gasteiger partial charge >= 0.3 is 11.7 Å². The van der Waals surface area contributed by atoms with Crippen LogP contribution in [-0.4, -0.2) is 37.8 Å². The zero-order chi connectivity index (χ0) is 21.5. The average molecular weight is 414 g/mol. The fraction of sp³-hybridized carbons (Fsp3) is 0.273. The molecule has 0 aliphatic heterocycles. The van der Waals surface area contributed by atoms with Crippen molar-refractivity contribution in [3.05, 3.63) is 70.3 Å². The van der Waals surface area contributed by atoms with Crippen molar-refractivity contribution in [1.82, 2.24) is 4.90 Å². The summed E-state index contributed by atoms with van der Waals surface area (Å²) in [7, 11) is 1.91. The largest absolute Gasteiger partial charge is 0.492 e. The summed E-state index contributed by atoms with van der Waals surface area (Å²) in [6, 6.07) is 12.4. The molecule has 1 N–H and O–H groups in total. The Hall–Kier alpha value is -3.39. The third-order valence-corrected chi connectivity index (χ3v) is 4.35. The summed E-state index contributed by atoms with van der Waals surface area (Å²) in [4.78, 5) is 25.6. The molecule has 0 bridgehead atoms.